The predicted octanol–water partition coefficient (Wildman–Crippen LogP) is 1.54. The molecule has 0 amide bonds. The van der Waals surface area contributed by atoms with Crippen LogP contribution in [0.25, 0.3) is 0 Å². The summed E-state index contributed by atoms with van der Waals surface area (Å²) in [6.07, 6.45) is -0.807. The van der Waals surface area contributed by atoms with Crippen molar-refractivity contribution in [1.29, 1.82) is 0 Å². The van der Waals surface area contributed by atoms with Gasteiger partial charge in [0.25, 0.3) is 6.20 Å². The Bertz CT molecular complexity index is 86.6. The first-order chi connectivity index (χ1) is 4.30. The molecule has 0 spiro atoms. The van der Waals surface area contributed by atoms with Gasteiger partial charge in [0, 0.05) is 24.6 Å². The van der Waals surface area contributed by atoms with E-state index in [0.717, 1.165) is 0 Å². The predicted molar refractivity (Wildman–Crippen MR) is 53.9 cm³/mol. The first-order valence-corrected chi connectivity index (χ1v) is 10.9. The van der Waals surface area contributed by atoms with Crippen LogP contribution in [0, 0.1) is 0 Å². The zero-order chi connectivity index (χ0) is 6.69. The average molecular weight is 291 g/mol. The summed E-state index contributed by atoms with van der Waals surface area (Å²) in [5.74, 6) is 2.61. The van der Waals surface area contributed by atoms with Crippen LogP contribution < -0.4 is 0 Å². The summed E-state index contributed by atoms with van der Waals surface area (Å²) in [4.78, 5) is 0. The molecule has 0 aromatic heterocycles. The fourth-order valence-corrected chi connectivity index (χ4v) is 5.18. The number of hydrogen-bond acceptors (Lipinski definition) is 2. The highest BCUT2D eigenvalue weighted by Gasteiger charge is 2.16. The van der Waals surface area contributed by atoms with E-state index in [9.17, 15) is 0 Å². The van der Waals surface area contributed by atoms with Crippen LogP contribution in [0.1, 0.15) is 0 Å². The summed E-state index contributed by atoms with van der Waals surface area (Å²) < 4.78 is 2.51. The number of rotatable bonds is 1. The van der Waals surface area contributed by atoms with E-state index in [2.05, 4.69) is 46.9 Å². The minimum atomic E-state index is -0.807. The molecule has 0 bridgehead atoms. The van der Waals surface area contributed by atoms with Gasteiger partial charge in [-0.3, -0.25) is 0 Å². The molecule has 1 aliphatic rings. The SMILES string of the molecule is Br[SiH](Br)N1CCSCC1. The lowest BCUT2D eigenvalue weighted by Crippen LogP contribution is -2.37. The lowest BCUT2D eigenvalue weighted by atomic mass is 10.6. The molecule has 1 heterocycles. The highest BCUT2D eigenvalue weighted by molar-refractivity contribution is 9.48. The Morgan fingerprint density at radius 2 is 1.78 bits per heavy atom. The smallest absolute Gasteiger partial charge is 0.257 e. The Balaban J connectivity index is 2.23. The van der Waals surface area contributed by atoms with Crippen molar-refractivity contribution in [2.75, 3.05) is 24.6 Å². The van der Waals surface area contributed by atoms with Crippen LogP contribution >= 0.6 is 42.3 Å². The topological polar surface area (TPSA) is 3.24 Å². The zero-order valence-corrected chi connectivity index (χ0v) is 10.2. The zero-order valence-electron chi connectivity index (χ0n) is 5.02. The second-order valence-corrected chi connectivity index (χ2v) is 13.3. The number of nitrogens with zero attached hydrogens (tertiary/aromatic N) is 1. The summed E-state index contributed by atoms with van der Waals surface area (Å²) in [6, 6.07) is 0. The van der Waals surface area contributed by atoms with E-state index in [-0.39, 0.29) is 0 Å². The van der Waals surface area contributed by atoms with Crippen LogP contribution in [0.2, 0.25) is 0 Å². The van der Waals surface area contributed by atoms with Gasteiger partial charge in [-0.05, 0) is 0 Å². The van der Waals surface area contributed by atoms with Gasteiger partial charge < -0.3 is 4.57 Å². The summed E-state index contributed by atoms with van der Waals surface area (Å²) in [6.45, 7) is 2.52. The molecule has 5 heteroatoms. The monoisotopic (exact) mass is 289 g/mol. The Kier molecular flexibility index (Phi) is 4.18. The molecule has 0 aromatic carbocycles. The molecule has 0 radical (unpaired) electrons. The van der Waals surface area contributed by atoms with Crippen molar-refractivity contribution in [3.8, 4) is 0 Å². The van der Waals surface area contributed by atoms with Crippen LogP contribution in [0.3, 0.4) is 0 Å². The van der Waals surface area contributed by atoms with Gasteiger partial charge in [0.2, 0.25) is 0 Å². The van der Waals surface area contributed by atoms with Gasteiger partial charge in [-0.25, -0.2) is 0 Å². The summed E-state index contributed by atoms with van der Waals surface area (Å²) >= 11 is 9.27. The largest absolute Gasteiger partial charge is 0.308 e. The van der Waals surface area contributed by atoms with Crippen molar-refractivity contribution in [1.82, 2.24) is 4.57 Å². The average Bonchev–Trinajstić information content (AvgIpc) is 1.90. The Morgan fingerprint density at radius 1 is 1.22 bits per heavy atom. The van der Waals surface area contributed by atoms with Crippen molar-refractivity contribution < 1.29 is 0 Å². The standard InChI is InChI=1S/C4H9Br2NSSi/c5-9(6)7-1-3-8-4-2-7/h9H,1-4H2. The van der Waals surface area contributed by atoms with E-state index in [1.54, 1.807) is 0 Å². The van der Waals surface area contributed by atoms with Gasteiger partial charge in [-0.1, -0.05) is 30.6 Å². The third-order valence-corrected chi connectivity index (χ3v) is 6.81. The van der Waals surface area contributed by atoms with Crippen molar-refractivity contribution in [2.24, 2.45) is 0 Å². The van der Waals surface area contributed by atoms with E-state index < -0.39 is 6.20 Å². The first kappa shape index (κ1) is 8.58. The highest BCUT2D eigenvalue weighted by atomic mass is 79.9. The van der Waals surface area contributed by atoms with Gasteiger partial charge >= 0.3 is 0 Å². The van der Waals surface area contributed by atoms with Crippen molar-refractivity contribution in [3.63, 3.8) is 0 Å². The molecule has 0 N–H and O–H groups in total. The summed E-state index contributed by atoms with van der Waals surface area (Å²) in [5, 5.41) is 0. The molecule has 0 aliphatic carbocycles. The first-order valence-electron chi connectivity index (χ1n) is 2.90. The third-order valence-electron chi connectivity index (χ3n) is 1.32. The molecule has 0 aromatic rings. The van der Waals surface area contributed by atoms with Crippen molar-refractivity contribution in [3.05, 3.63) is 0 Å². The maximum absolute atomic E-state index is 3.61. The quantitative estimate of drug-likeness (QED) is 0.532. The molecule has 1 nitrogen and oxygen atoms in total. The van der Waals surface area contributed by atoms with Gasteiger partial charge in [0.05, 0.1) is 0 Å². The van der Waals surface area contributed by atoms with Crippen LogP contribution in [-0.4, -0.2) is 35.4 Å². The summed E-state index contributed by atoms with van der Waals surface area (Å²) in [5.41, 5.74) is 0. The molecular formula is C4H9Br2NSSi. The normalized spacial score (nSPS) is 23.0. The molecule has 1 rings (SSSR count). The Labute approximate surface area is 77.4 Å². The maximum Gasteiger partial charge on any atom is 0.257 e. The van der Waals surface area contributed by atoms with E-state index in [1.165, 1.54) is 24.6 Å². The Morgan fingerprint density at radius 3 is 2.11 bits per heavy atom. The molecule has 0 atom stereocenters. The van der Waals surface area contributed by atoms with E-state index >= 15 is 0 Å². The van der Waals surface area contributed by atoms with E-state index in [4.69, 9.17) is 0 Å². The fourth-order valence-electron chi connectivity index (χ4n) is 0.773. The lowest BCUT2D eigenvalue weighted by Gasteiger charge is -2.26. The summed E-state index contributed by atoms with van der Waals surface area (Å²) in [7, 11) is 0. The number of halogens is 2. The third kappa shape index (κ3) is 2.92. The minimum Gasteiger partial charge on any atom is -0.308 e. The van der Waals surface area contributed by atoms with Gasteiger partial charge in [-0.2, -0.15) is 11.8 Å². The second-order valence-electron chi connectivity index (χ2n) is 1.93. The molecule has 1 saturated heterocycles. The minimum absolute atomic E-state index is 0.807. The van der Waals surface area contributed by atoms with Crippen LogP contribution in [0.5, 0.6) is 0 Å². The van der Waals surface area contributed by atoms with Crippen molar-refractivity contribution in [2.45, 2.75) is 0 Å². The second kappa shape index (κ2) is 4.38. The van der Waals surface area contributed by atoms with E-state index in [0.29, 0.717) is 0 Å². The van der Waals surface area contributed by atoms with Crippen LogP contribution in [-0.2, 0) is 0 Å². The van der Waals surface area contributed by atoms with Gasteiger partial charge in [0.1, 0.15) is 0 Å². The molecule has 0 unspecified atom stereocenters. The van der Waals surface area contributed by atoms with Gasteiger partial charge in [0.15, 0.2) is 0 Å². The lowest BCUT2D eigenvalue weighted by molar-refractivity contribution is 0.498. The van der Waals surface area contributed by atoms with Crippen LogP contribution in [0.15, 0.2) is 0 Å². The van der Waals surface area contributed by atoms with Crippen molar-refractivity contribution >= 4 is 48.5 Å². The maximum atomic E-state index is 3.61. The molecule has 0 saturated carbocycles. The molecule has 1 aliphatic heterocycles. The molecule has 1 fully saturated rings. The Hall–Kier alpha value is 1.49. The number of hydrogen-bond donors (Lipinski definition) is 0. The van der Waals surface area contributed by atoms with Crippen LogP contribution in [0.4, 0.5) is 0 Å². The van der Waals surface area contributed by atoms with Gasteiger partial charge in [-0.15, -0.1) is 0 Å². The fraction of sp³-hybridized carbons (Fsp3) is 1.00. The molecule has 54 valence electrons. The molecule has 9 heavy (non-hydrogen) atoms. The number of thioether (sulfide) groups is 1. The highest BCUT2D eigenvalue weighted by Crippen LogP contribution is 2.15. The van der Waals surface area contributed by atoms with E-state index in [1.807, 2.05) is 0 Å². The molecular weight excluding hydrogens is 282 g/mol.